The van der Waals surface area contributed by atoms with Crippen LogP contribution < -0.4 is 10.6 Å². The number of carbonyl (C=O) groups excluding carboxylic acids is 2. The van der Waals surface area contributed by atoms with Crippen LogP contribution in [0.4, 0.5) is 21.6 Å². The van der Waals surface area contributed by atoms with Crippen LogP contribution >= 0.6 is 47.9 Å². The second-order valence-corrected chi connectivity index (χ2v) is 11.5. The summed E-state index contributed by atoms with van der Waals surface area (Å²) in [5.74, 6) is 0.957. The Labute approximate surface area is 248 Å². The van der Waals surface area contributed by atoms with Crippen LogP contribution in [0.2, 0.25) is 0 Å². The van der Waals surface area contributed by atoms with E-state index in [0.29, 0.717) is 53.7 Å². The first-order valence-corrected chi connectivity index (χ1v) is 14.5. The van der Waals surface area contributed by atoms with Gasteiger partial charge in [-0.15, -0.1) is 47.9 Å². The second-order valence-electron chi connectivity index (χ2n) is 8.57. The third-order valence-corrected chi connectivity index (χ3v) is 9.76. The third kappa shape index (κ3) is 4.77. The predicted molar refractivity (Wildman–Crippen MR) is 168 cm³/mol. The molecule has 0 saturated carbocycles. The molecule has 0 saturated heterocycles. The monoisotopic (exact) mass is 597 g/mol. The number of aldehydes is 2. The Bertz CT molecular complexity index is 1690. The van der Waals surface area contributed by atoms with E-state index < -0.39 is 0 Å². The lowest BCUT2D eigenvalue weighted by atomic mass is 10.1. The molecule has 0 fully saturated rings. The van der Waals surface area contributed by atoms with E-state index in [1.165, 1.54) is 29.0 Å². The van der Waals surface area contributed by atoms with Gasteiger partial charge in [-0.1, -0.05) is 60.7 Å². The minimum atomic E-state index is 0.448. The van der Waals surface area contributed by atoms with Crippen molar-refractivity contribution in [1.29, 1.82) is 0 Å². The molecule has 40 heavy (non-hydrogen) atoms. The molecule has 6 rings (SSSR count). The van der Waals surface area contributed by atoms with Gasteiger partial charge in [-0.05, 0) is 11.1 Å². The summed E-state index contributed by atoms with van der Waals surface area (Å²) in [7, 11) is 0. The van der Waals surface area contributed by atoms with Crippen LogP contribution in [0.5, 0.6) is 0 Å². The van der Waals surface area contributed by atoms with Crippen molar-refractivity contribution in [1.82, 2.24) is 15.0 Å². The Balaban J connectivity index is 1.36. The number of carbonyl (C=O) groups is 2. The van der Waals surface area contributed by atoms with Gasteiger partial charge in [-0.25, -0.2) is 9.97 Å². The summed E-state index contributed by atoms with van der Waals surface area (Å²) in [4.78, 5) is 40.4. The fourth-order valence-corrected chi connectivity index (χ4v) is 7.40. The van der Waals surface area contributed by atoms with Gasteiger partial charge in [0.2, 0.25) is 0 Å². The highest BCUT2D eigenvalue weighted by Crippen LogP contribution is 2.46. The number of benzene rings is 2. The molecule has 4 heterocycles. The summed E-state index contributed by atoms with van der Waals surface area (Å²) in [6.07, 6.45) is 6.37. The van der Waals surface area contributed by atoms with E-state index in [2.05, 4.69) is 50.8 Å². The molecule has 7 nitrogen and oxygen atoms in total. The molecule has 0 unspecified atom stereocenters. The van der Waals surface area contributed by atoms with Crippen molar-refractivity contribution >= 4 is 82.1 Å². The zero-order chi connectivity index (χ0) is 27.6. The number of fused-ring (bicyclic) bond motifs is 1. The van der Waals surface area contributed by atoms with Crippen molar-refractivity contribution in [3.05, 3.63) is 90.5 Å². The average Bonchev–Trinajstić information content (AvgIpc) is 3.65. The molecule has 2 aromatic carbocycles. The molecule has 2 N–H and O–H groups in total. The van der Waals surface area contributed by atoms with Crippen molar-refractivity contribution in [3.8, 4) is 32.0 Å². The number of nitrogens with one attached hydrogen (secondary N) is 2. The van der Waals surface area contributed by atoms with Gasteiger partial charge < -0.3 is 10.6 Å². The smallest absolute Gasteiger partial charge is 0.154 e. The number of hydrogen-bond donors (Lipinski definition) is 4. The summed E-state index contributed by atoms with van der Waals surface area (Å²) in [6.45, 7) is 0. The van der Waals surface area contributed by atoms with E-state index in [0.717, 1.165) is 33.5 Å². The van der Waals surface area contributed by atoms with Gasteiger partial charge in [0.25, 0.3) is 0 Å². The molecule has 196 valence electrons. The van der Waals surface area contributed by atoms with Crippen molar-refractivity contribution in [2.45, 2.75) is 9.79 Å². The van der Waals surface area contributed by atoms with Crippen LogP contribution in [0, 0.1) is 0 Å². The van der Waals surface area contributed by atoms with Crippen molar-refractivity contribution < 1.29 is 9.59 Å². The van der Waals surface area contributed by atoms with Gasteiger partial charge in [-0.2, -0.15) is 0 Å². The molecular weight excluding hydrogens is 579 g/mol. The molecule has 2 aliphatic heterocycles. The molecule has 2 aromatic heterocycles. The van der Waals surface area contributed by atoms with Crippen molar-refractivity contribution in [3.63, 3.8) is 0 Å². The van der Waals surface area contributed by atoms with Gasteiger partial charge in [0.15, 0.2) is 12.6 Å². The minimum Gasteiger partial charge on any atom is -0.331 e. The van der Waals surface area contributed by atoms with Crippen molar-refractivity contribution in [2.24, 2.45) is 0 Å². The zero-order valence-electron chi connectivity index (χ0n) is 20.5. The maximum atomic E-state index is 12.0. The lowest BCUT2D eigenvalue weighted by Crippen LogP contribution is -1.96. The number of anilines is 4. The predicted octanol–water partition coefficient (Wildman–Crippen LogP) is 8.12. The van der Waals surface area contributed by atoms with Gasteiger partial charge in [0.05, 0.1) is 20.9 Å². The average molecular weight is 598 g/mol. The highest BCUT2D eigenvalue weighted by atomic mass is 32.1. The number of thiol groups is 2. The highest BCUT2D eigenvalue weighted by Gasteiger charge is 2.22. The molecule has 11 heteroatoms. The maximum absolute atomic E-state index is 12.0. The Hall–Kier alpha value is -4.03. The largest absolute Gasteiger partial charge is 0.331 e. The Morgan fingerprint density at radius 1 is 0.650 bits per heavy atom. The van der Waals surface area contributed by atoms with Gasteiger partial charge in [-0.3, -0.25) is 14.6 Å². The van der Waals surface area contributed by atoms with E-state index in [4.69, 9.17) is 0 Å². The fraction of sp³-hybridized carbons (Fsp3) is 0. The molecule has 0 bridgehead atoms. The Kier molecular flexibility index (Phi) is 7.35. The number of rotatable bonds is 8. The molecule has 0 radical (unpaired) electrons. The highest BCUT2D eigenvalue weighted by molar-refractivity contribution is 7.81. The first kappa shape index (κ1) is 26.2. The topological polar surface area (TPSA) is 96.9 Å². The normalized spacial score (nSPS) is 10.9. The molecule has 4 aromatic rings. The van der Waals surface area contributed by atoms with Crippen LogP contribution in [0.15, 0.2) is 89.2 Å². The number of nitrogens with zero attached hydrogens (tertiary/aromatic N) is 3. The zero-order valence-corrected chi connectivity index (χ0v) is 24.0. The van der Waals surface area contributed by atoms with E-state index in [-0.39, 0.29) is 0 Å². The summed E-state index contributed by atoms with van der Waals surface area (Å²) in [6, 6.07) is 19.5. The van der Waals surface area contributed by atoms with Crippen LogP contribution in [0.3, 0.4) is 0 Å². The van der Waals surface area contributed by atoms with Gasteiger partial charge in [0.1, 0.15) is 28.0 Å². The third-order valence-electron chi connectivity index (χ3n) is 6.19. The number of hydrogen-bond acceptors (Lipinski definition) is 11. The van der Waals surface area contributed by atoms with Gasteiger partial charge in [0, 0.05) is 33.3 Å². The summed E-state index contributed by atoms with van der Waals surface area (Å²) >= 11 is 12.1. The second kappa shape index (κ2) is 11.2. The molecule has 0 amide bonds. The maximum Gasteiger partial charge on any atom is 0.154 e. The number of aromatic nitrogens is 3. The number of thiophene rings is 2. The van der Waals surface area contributed by atoms with Crippen LogP contribution in [-0.2, 0) is 0 Å². The van der Waals surface area contributed by atoms with E-state index in [1.807, 2.05) is 60.7 Å². The quantitative estimate of drug-likeness (QED) is 0.104. The summed E-state index contributed by atoms with van der Waals surface area (Å²) in [5.41, 5.74) is 4.20. The SMILES string of the molecule is O=Cc1c(Nc2ncnc(Nc3sc(-c4ccccc4)c(S)c3C=O)c3cncc2-3)sc(-c2ccccc2)c1S. The van der Waals surface area contributed by atoms with E-state index in [9.17, 15) is 9.59 Å². The molecule has 0 atom stereocenters. The lowest BCUT2D eigenvalue weighted by Gasteiger charge is -2.08. The summed E-state index contributed by atoms with van der Waals surface area (Å²) in [5, 5.41) is 7.84. The minimum absolute atomic E-state index is 0.448. The molecule has 0 aliphatic carbocycles. The summed E-state index contributed by atoms with van der Waals surface area (Å²) < 4.78 is 0. The molecular formula is C29H19N5O2S4. The Morgan fingerprint density at radius 3 is 1.48 bits per heavy atom. The lowest BCUT2D eigenvalue weighted by molar-refractivity contribution is 0.111. The van der Waals surface area contributed by atoms with Crippen LogP contribution in [0.25, 0.3) is 32.0 Å². The Morgan fingerprint density at radius 2 is 1.07 bits per heavy atom. The van der Waals surface area contributed by atoms with Crippen LogP contribution in [0.1, 0.15) is 20.7 Å². The van der Waals surface area contributed by atoms with E-state index in [1.54, 1.807) is 12.4 Å². The van der Waals surface area contributed by atoms with Gasteiger partial charge >= 0.3 is 0 Å². The van der Waals surface area contributed by atoms with Crippen molar-refractivity contribution in [2.75, 3.05) is 10.6 Å². The first-order valence-electron chi connectivity index (χ1n) is 11.9. The standard InChI is InChI=1S/C29H19N5O2S4/c35-13-20-22(37)24(16-7-3-1-4-8-16)39-28(20)33-26-18-11-30-12-19(18)27(32-15-31-26)34-29-21(14-36)23(38)25(40-29)17-9-5-2-6-10-17/h1-15,37-38H,(H2,31,32,33,34). The molecule has 0 spiro atoms. The fourth-order valence-electron chi connectivity index (χ4n) is 4.25. The molecule has 2 aliphatic rings. The first-order chi connectivity index (χ1) is 19.6. The van der Waals surface area contributed by atoms with Crippen LogP contribution in [-0.4, -0.2) is 27.5 Å². The van der Waals surface area contributed by atoms with E-state index >= 15 is 0 Å².